The minimum atomic E-state index is -0.406. The molecule has 9 heteroatoms. The third kappa shape index (κ3) is 5.21. The number of benzene rings is 3. The topological polar surface area (TPSA) is 79.9 Å². The van der Waals surface area contributed by atoms with Crippen molar-refractivity contribution in [3.63, 3.8) is 0 Å². The Bertz CT molecular complexity index is 1260. The van der Waals surface area contributed by atoms with E-state index in [1.165, 1.54) is 36.3 Å². The highest BCUT2D eigenvalue weighted by Crippen LogP contribution is 2.30. The quantitative estimate of drug-likeness (QED) is 0.394. The molecule has 0 spiro atoms. The van der Waals surface area contributed by atoms with Gasteiger partial charge in [-0.3, -0.25) is 14.5 Å². The average molecular weight is 478 g/mol. The highest BCUT2D eigenvalue weighted by Gasteiger charge is 2.32. The molecule has 1 aliphatic heterocycles. The molecule has 172 valence electrons. The van der Waals surface area contributed by atoms with Gasteiger partial charge >= 0.3 is 0 Å². The first-order chi connectivity index (χ1) is 16.4. The number of methoxy groups -OCH3 is 1. The van der Waals surface area contributed by atoms with Gasteiger partial charge in [-0.2, -0.15) is 0 Å². The van der Waals surface area contributed by atoms with E-state index in [4.69, 9.17) is 21.7 Å². The highest BCUT2D eigenvalue weighted by atomic mass is 32.1. The summed E-state index contributed by atoms with van der Waals surface area (Å²) in [5, 5.41) is 5.82. The van der Waals surface area contributed by atoms with Crippen LogP contribution >= 0.6 is 12.2 Å². The van der Waals surface area contributed by atoms with Crippen LogP contribution < -0.4 is 25.0 Å². The molecular formula is C25H20FN3O4S. The molecular weight excluding hydrogens is 457 g/mol. The Labute approximate surface area is 200 Å². The van der Waals surface area contributed by atoms with E-state index in [1.807, 2.05) is 18.2 Å². The Balaban J connectivity index is 1.45. The van der Waals surface area contributed by atoms with Crippen LogP contribution in [0.1, 0.15) is 5.56 Å². The number of rotatable bonds is 7. The summed E-state index contributed by atoms with van der Waals surface area (Å²) in [6.07, 6.45) is 1.62. The van der Waals surface area contributed by atoms with Gasteiger partial charge in [0.15, 0.2) is 23.2 Å². The fourth-order valence-electron chi connectivity index (χ4n) is 3.28. The van der Waals surface area contributed by atoms with Gasteiger partial charge in [-0.05, 0) is 72.4 Å². The van der Waals surface area contributed by atoms with Crippen LogP contribution in [0.25, 0.3) is 6.08 Å². The first-order valence-electron chi connectivity index (χ1n) is 10.2. The summed E-state index contributed by atoms with van der Waals surface area (Å²) in [5.74, 6) is -0.313. The number of hydrogen-bond acceptors (Lipinski definition) is 5. The number of carbonyl (C=O) groups is 2. The first-order valence-corrected chi connectivity index (χ1v) is 10.6. The van der Waals surface area contributed by atoms with Gasteiger partial charge in [-0.15, -0.1) is 0 Å². The summed E-state index contributed by atoms with van der Waals surface area (Å²) in [6.45, 7) is -0.202. The summed E-state index contributed by atoms with van der Waals surface area (Å²) in [4.78, 5) is 26.3. The molecule has 1 fully saturated rings. The van der Waals surface area contributed by atoms with Crippen molar-refractivity contribution in [1.29, 1.82) is 0 Å². The highest BCUT2D eigenvalue weighted by molar-refractivity contribution is 7.80. The third-order valence-corrected chi connectivity index (χ3v) is 5.16. The second-order valence-corrected chi connectivity index (χ2v) is 7.61. The lowest BCUT2D eigenvalue weighted by atomic mass is 10.1. The Morgan fingerprint density at radius 3 is 2.53 bits per heavy atom. The summed E-state index contributed by atoms with van der Waals surface area (Å²) in [5.41, 5.74) is 2.04. The second kappa shape index (κ2) is 10.1. The molecule has 34 heavy (non-hydrogen) atoms. The molecule has 0 aromatic heterocycles. The number of halogens is 1. The third-order valence-electron chi connectivity index (χ3n) is 4.88. The Kier molecular flexibility index (Phi) is 6.84. The number of ether oxygens (including phenoxy) is 2. The molecule has 7 nitrogen and oxygen atoms in total. The molecule has 3 aromatic rings. The number of para-hydroxylation sites is 1. The van der Waals surface area contributed by atoms with E-state index in [0.717, 1.165) is 0 Å². The lowest BCUT2D eigenvalue weighted by Crippen LogP contribution is -2.30. The van der Waals surface area contributed by atoms with Crippen molar-refractivity contribution in [3.05, 3.63) is 89.9 Å². The van der Waals surface area contributed by atoms with Crippen LogP contribution in [-0.4, -0.2) is 30.6 Å². The van der Waals surface area contributed by atoms with Gasteiger partial charge < -0.3 is 20.1 Å². The van der Waals surface area contributed by atoms with Crippen LogP contribution in [0.4, 0.5) is 15.8 Å². The molecule has 4 rings (SSSR count). The maximum Gasteiger partial charge on any atom is 0.281 e. The minimum Gasteiger partial charge on any atom is -0.493 e. The number of thiocarbonyl (C=S) groups is 1. The number of nitrogens with zero attached hydrogens (tertiary/aromatic N) is 1. The number of amides is 2. The summed E-state index contributed by atoms with van der Waals surface area (Å²) >= 11 is 5.28. The lowest BCUT2D eigenvalue weighted by molar-refractivity contribution is -0.118. The number of carbonyl (C=O) groups excluding carboxylic acids is 2. The zero-order valence-electron chi connectivity index (χ0n) is 18.1. The molecule has 0 aliphatic carbocycles. The first kappa shape index (κ1) is 22.9. The smallest absolute Gasteiger partial charge is 0.281 e. The molecule has 1 aliphatic rings. The zero-order chi connectivity index (χ0) is 24.1. The van der Waals surface area contributed by atoms with Crippen molar-refractivity contribution >= 4 is 46.6 Å². The second-order valence-electron chi connectivity index (χ2n) is 7.22. The van der Waals surface area contributed by atoms with Gasteiger partial charge in [0, 0.05) is 5.69 Å². The molecule has 3 aromatic carbocycles. The number of nitrogens with one attached hydrogen (secondary N) is 2. The van der Waals surface area contributed by atoms with E-state index in [2.05, 4.69) is 10.6 Å². The van der Waals surface area contributed by atoms with Crippen molar-refractivity contribution in [3.8, 4) is 11.5 Å². The Morgan fingerprint density at radius 2 is 1.82 bits per heavy atom. The van der Waals surface area contributed by atoms with Gasteiger partial charge in [0.05, 0.1) is 12.8 Å². The molecule has 0 radical (unpaired) electrons. The van der Waals surface area contributed by atoms with Crippen LogP contribution in [0.3, 0.4) is 0 Å². The van der Waals surface area contributed by atoms with Gasteiger partial charge in [0.25, 0.3) is 11.8 Å². The van der Waals surface area contributed by atoms with Crippen molar-refractivity contribution < 1.29 is 23.5 Å². The zero-order valence-corrected chi connectivity index (χ0v) is 18.9. The molecule has 0 unspecified atom stereocenters. The van der Waals surface area contributed by atoms with Crippen molar-refractivity contribution in [1.82, 2.24) is 5.32 Å². The van der Waals surface area contributed by atoms with Crippen molar-refractivity contribution in [2.24, 2.45) is 0 Å². The van der Waals surface area contributed by atoms with Gasteiger partial charge in [-0.25, -0.2) is 4.39 Å². The van der Waals surface area contributed by atoms with Crippen LogP contribution in [0.5, 0.6) is 11.5 Å². The van der Waals surface area contributed by atoms with Crippen LogP contribution in [0.15, 0.2) is 78.5 Å². The fourth-order valence-corrected chi connectivity index (χ4v) is 3.58. The summed E-state index contributed by atoms with van der Waals surface area (Å²) < 4.78 is 24.2. The van der Waals surface area contributed by atoms with Crippen molar-refractivity contribution in [2.75, 3.05) is 23.9 Å². The van der Waals surface area contributed by atoms with Crippen molar-refractivity contribution in [2.45, 2.75) is 0 Å². The maximum absolute atomic E-state index is 13.2. The lowest BCUT2D eigenvalue weighted by Gasteiger charge is -2.13. The van der Waals surface area contributed by atoms with Gasteiger partial charge in [0.1, 0.15) is 11.5 Å². The molecule has 1 heterocycles. The van der Waals surface area contributed by atoms with E-state index < -0.39 is 5.82 Å². The van der Waals surface area contributed by atoms with E-state index in [0.29, 0.717) is 28.4 Å². The Hall–Kier alpha value is -4.24. The van der Waals surface area contributed by atoms with Gasteiger partial charge in [-0.1, -0.05) is 24.3 Å². The van der Waals surface area contributed by atoms with Crippen LogP contribution in [-0.2, 0) is 9.59 Å². The SMILES string of the molecule is COc1cc(/C=C2/NC(=S)N(c3ccc(F)cc3)C2=O)ccc1OCC(=O)Nc1ccccc1. The van der Waals surface area contributed by atoms with E-state index in [1.54, 1.807) is 36.4 Å². The molecule has 2 amide bonds. The predicted molar refractivity (Wildman–Crippen MR) is 131 cm³/mol. The molecule has 0 bridgehead atoms. The molecule has 0 saturated carbocycles. The monoisotopic (exact) mass is 477 g/mol. The predicted octanol–water partition coefficient (Wildman–Crippen LogP) is 4.11. The summed E-state index contributed by atoms with van der Waals surface area (Å²) in [7, 11) is 1.48. The maximum atomic E-state index is 13.2. The number of hydrogen-bond donors (Lipinski definition) is 2. The van der Waals surface area contributed by atoms with Crippen LogP contribution in [0.2, 0.25) is 0 Å². The molecule has 0 atom stereocenters. The largest absolute Gasteiger partial charge is 0.493 e. The van der Waals surface area contributed by atoms with E-state index in [-0.39, 0.29) is 29.2 Å². The van der Waals surface area contributed by atoms with E-state index >= 15 is 0 Å². The standard InChI is InChI=1S/C25H20FN3O4S/c1-32-22-14-16(7-12-21(22)33-15-23(30)27-18-5-3-2-4-6-18)13-20-24(31)29(25(34)28-20)19-10-8-17(26)9-11-19/h2-14H,15H2,1H3,(H,27,30)(H,28,34)/b20-13+. The summed E-state index contributed by atoms with van der Waals surface area (Å²) in [6, 6.07) is 19.6. The minimum absolute atomic E-state index is 0.194. The van der Waals surface area contributed by atoms with Crippen LogP contribution in [0, 0.1) is 5.82 Å². The average Bonchev–Trinajstić information content (AvgIpc) is 3.12. The van der Waals surface area contributed by atoms with E-state index in [9.17, 15) is 14.0 Å². The molecule has 2 N–H and O–H groups in total. The normalized spacial score (nSPS) is 14.2. The fraction of sp³-hybridized carbons (Fsp3) is 0.0800. The Morgan fingerprint density at radius 1 is 1.09 bits per heavy atom. The van der Waals surface area contributed by atoms with Gasteiger partial charge in [0.2, 0.25) is 0 Å². The molecule has 1 saturated heterocycles. The number of anilines is 2.